The summed E-state index contributed by atoms with van der Waals surface area (Å²) in [6.45, 7) is 18.8. The Hall–Kier alpha value is -1.32. The largest absolute Gasteiger partial charge is 0.380 e. The number of nitrogens with zero attached hydrogens (tertiary/aromatic N) is 2. The van der Waals surface area contributed by atoms with Crippen LogP contribution >= 0.6 is 0 Å². The Morgan fingerprint density at radius 3 is 2.37 bits per heavy atom. The number of hydrogen-bond donors (Lipinski definition) is 0. The van der Waals surface area contributed by atoms with Gasteiger partial charge in [-0.15, -0.1) is 0 Å². The van der Waals surface area contributed by atoms with Crippen LogP contribution in [0.2, 0.25) is 0 Å². The van der Waals surface area contributed by atoms with Crippen LogP contribution in [0.4, 0.5) is 5.69 Å². The van der Waals surface area contributed by atoms with Crippen LogP contribution in [0.15, 0.2) is 30.3 Å². The van der Waals surface area contributed by atoms with Crippen molar-refractivity contribution in [3.63, 3.8) is 0 Å². The van der Waals surface area contributed by atoms with Gasteiger partial charge in [-0.25, -0.2) is 0 Å². The molecular formula is C24H38N2O. The van der Waals surface area contributed by atoms with Crippen LogP contribution in [-0.2, 0) is 4.74 Å². The molecule has 1 aromatic carbocycles. The van der Waals surface area contributed by atoms with Gasteiger partial charge in [0.25, 0.3) is 0 Å². The summed E-state index contributed by atoms with van der Waals surface area (Å²) in [7, 11) is 0. The monoisotopic (exact) mass is 370 g/mol. The van der Waals surface area contributed by atoms with Crippen molar-refractivity contribution in [1.82, 2.24) is 4.90 Å². The molecule has 3 heteroatoms. The summed E-state index contributed by atoms with van der Waals surface area (Å²) in [6.07, 6.45) is 4.96. The van der Waals surface area contributed by atoms with Crippen molar-refractivity contribution in [3.8, 4) is 0 Å². The molecule has 1 heterocycles. The second-order valence-corrected chi connectivity index (χ2v) is 9.72. The third kappa shape index (κ3) is 5.36. The fraction of sp³-hybridized carbons (Fsp3) is 0.667. The van der Waals surface area contributed by atoms with Crippen molar-refractivity contribution in [2.24, 2.45) is 10.8 Å². The molecule has 3 rings (SSSR count). The number of rotatable bonds is 6. The van der Waals surface area contributed by atoms with E-state index in [1.54, 1.807) is 0 Å². The molecule has 150 valence electrons. The van der Waals surface area contributed by atoms with Crippen molar-refractivity contribution in [3.05, 3.63) is 35.9 Å². The number of piperazine rings is 1. The van der Waals surface area contributed by atoms with E-state index in [1.807, 2.05) is 0 Å². The minimum atomic E-state index is 0.266. The average Bonchev–Trinajstić information content (AvgIpc) is 2.60. The van der Waals surface area contributed by atoms with Gasteiger partial charge in [-0.1, -0.05) is 52.0 Å². The summed E-state index contributed by atoms with van der Waals surface area (Å²) < 4.78 is 5.52. The number of para-hydroxylation sites is 1. The summed E-state index contributed by atoms with van der Waals surface area (Å²) in [5.74, 6) is 0. The number of allylic oxidation sites excluding steroid dienone is 2. The van der Waals surface area contributed by atoms with Crippen LogP contribution in [0.25, 0.3) is 5.57 Å². The minimum absolute atomic E-state index is 0.266. The molecule has 0 amide bonds. The molecule has 0 bridgehead atoms. The maximum Gasteiger partial charge on any atom is 0.0593 e. The fourth-order valence-corrected chi connectivity index (χ4v) is 5.13. The van der Waals surface area contributed by atoms with Crippen LogP contribution in [0, 0.1) is 10.8 Å². The lowest BCUT2D eigenvalue weighted by Crippen LogP contribution is -2.47. The SMILES string of the molecule is CCOCCN1CCN(c2ccccc2C2=CC(C)(C)CC(C)(C)C2)CC1. The molecular weight excluding hydrogens is 332 g/mol. The molecule has 0 N–H and O–H groups in total. The molecule has 3 nitrogen and oxygen atoms in total. The molecule has 1 saturated heterocycles. The number of ether oxygens (including phenoxy) is 1. The van der Waals surface area contributed by atoms with Gasteiger partial charge in [-0.2, -0.15) is 0 Å². The highest BCUT2D eigenvalue weighted by atomic mass is 16.5. The first kappa shape index (κ1) is 20.4. The Balaban J connectivity index is 1.75. The minimum Gasteiger partial charge on any atom is -0.380 e. The molecule has 0 unspecified atom stereocenters. The Labute approximate surface area is 166 Å². The van der Waals surface area contributed by atoms with Crippen molar-refractivity contribution >= 4 is 11.3 Å². The van der Waals surface area contributed by atoms with Crippen LogP contribution < -0.4 is 4.90 Å². The second-order valence-electron chi connectivity index (χ2n) is 9.72. The van der Waals surface area contributed by atoms with E-state index in [9.17, 15) is 0 Å². The molecule has 1 fully saturated rings. The van der Waals surface area contributed by atoms with E-state index in [1.165, 1.54) is 29.7 Å². The lowest BCUT2D eigenvalue weighted by molar-refractivity contribution is 0.111. The zero-order valence-electron chi connectivity index (χ0n) is 18.1. The van der Waals surface area contributed by atoms with Gasteiger partial charge in [0.1, 0.15) is 0 Å². The third-order valence-corrected chi connectivity index (χ3v) is 5.89. The van der Waals surface area contributed by atoms with Crippen molar-refractivity contribution < 1.29 is 4.74 Å². The van der Waals surface area contributed by atoms with Gasteiger partial charge in [0.15, 0.2) is 0 Å². The maximum atomic E-state index is 5.52. The Bertz CT molecular complexity index is 654. The van der Waals surface area contributed by atoms with E-state index in [2.05, 4.69) is 74.8 Å². The Morgan fingerprint density at radius 2 is 1.70 bits per heavy atom. The van der Waals surface area contributed by atoms with E-state index >= 15 is 0 Å². The molecule has 0 aromatic heterocycles. The first-order chi connectivity index (χ1) is 12.8. The highest BCUT2D eigenvalue weighted by Crippen LogP contribution is 2.48. The van der Waals surface area contributed by atoms with Gasteiger partial charge >= 0.3 is 0 Å². The third-order valence-electron chi connectivity index (χ3n) is 5.89. The Morgan fingerprint density at radius 1 is 1.00 bits per heavy atom. The van der Waals surface area contributed by atoms with Gasteiger partial charge in [-0.05, 0) is 42.2 Å². The molecule has 1 aromatic rings. The van der Waals surface area contributed by atoms with Crippen LogP contribution in [0.5, 0.6) is 0 Å². The topological polar surface area (TPSA) is 15.7 Å². The van der Waals surface area contributed by atoms with Gasteiger partial charge < -0.3 is 9.64 Å². The molecule has 0 atom stereocenters. The number of hydrogen-bond acceptors (Lipinski definition) is 3. The molecule has 27 heavy (non-hydrogen) atoms. The second kappa shape index (κ2) is 8.36. The molecule has 1 aliphatic heterocycles. The summed E-state index contributed by atoms with van der Waals surface area (Å²) in [5, 5.41) is 0. The quantitative estimate of drug-likeness (QED) is 0.650. The van der Waals surface area contributed by atoms with Crippen LogP contribution in [0.3, 0.4) is 0 Å². The Kier molecular flexibility index (Phi) is 6.32. The summed E-state index contributed by atoms with van der Waals surface area (Å²) >= 11 is 0. The van der Waals surface area contributed by atoms with Crippen molar-refractivity contribution in [2.75, 3.05) is 50.8 Å². The first-order valence-electron chi connectivity index (χ1n) is 10.7. The van der Waals surface area contributed by atoms with Crippen molar-refractivity contribution in [1.29, 1.82) is 0 Å². The molecule has 0 spiro atoms. The van der Waals surface area contributed by atoms with Crippen LogP contribution in [-0.4, -0.2) is 50.8 Å². The predicted molar refractivity (Wildman–Crippen MR) is 116 cm³/mol. The zero-order valence-corrected chi connectivity index (χ0v) is 18.1. The van der Waals surface area contributed by atoms with Gasteiger partial charge in [-0.3, -0.25) is 4.90 Å². The zero-order chi connectivity index (χ0) is 19.5. The lowest BCUT2D eigenvalue weighted by Gasteiger charge is -2.41. The lowest BCUT2D eigenvalue weighted by atomic mass is 9.65. The summed E-state index contributed by atoms with van der Waals surface area (Å²) in [5.41, 5.74) is 5.02. The normalized spacial score (nSPS) is 22.6. The summed E-state index contributed by atoms with van der Waals surface area (Å²) in [6, 6.07) is 9.05. The molecule has 1 aliphatic carbocycles. The fourth-order valence-electron chi connectivity index (χ4n) is 5.13. The standard InChI is InChI=1S/C24H38N2O/c1-6-27-16-15-25-11-13-26(14-12-25)22-10-8-7-9-21(22)20-17-23(2,3)19-24(4,5)18-20/h7-10,17H,6,11-16,18-19H2,1-5H3. The van der Waals surface area contributed by atoms with Crippen molar-refractivity contribution in [2.45, 2.75) is 47.5 Å². The maximum absolute atomic E-state index is 5.52. The molecule has 0 saturated carbocycles. The molecule has 2 aliphatic rings. The van der Waals surface area contributed by atoms with E-state index in [4.69, 9.17) is 4.74 Å². The number of benzene rings is 1. The smallest absolute Gasteiger partial charge is 0.0593 e. The van der Waals surface area contributed by atoms with E-state index < -0.39 is 0 Å². The molecule has 0 radical (unpaired) electrons. The van der Waals surface area contributed by atoms with E-state index in [-0.39, 0.29) is 5.41 Å². The predicted octanol–water partition coefficient (Wildman–Crippen LogP) is 5.07. The van der Waals surface area contributed by atoms with Crippen LogP contribution in [0.1, 0.15) is 53.0 Å². The highest BCUT2D eigenvalue weighted by Gasteiger charge is 2.34. The number of anilines is 1. The van der Waals surface area contributed by atoms with Gasteiger partial charge in [0.05, 0.1) is 6.61 Å². The van der Waals surface area contributed by atoms with E-state index in [0.29, 0.717) is 5.41 Å². The first-order valence-corrected chi connectivity index (χ1v) is 10.7. The highest BCUT2D eigenvalue weighted by molar-refractivity contribution is 5.78. The average molecular weight is 371 g/mol. The van der Waals surface area contributed by atoms with E-state index in [0.717, 1.165) is 45.9 Å². The van der Waals surface area contributed by atoms with Gasteiger partial charge in [0.2, 0.25) is 0 Å². The van der Waals surface area contributed by atoms with Gasteiger partial charge in [0, 0.05) is 50.6 Å². The summed E-state index contributed by atoms with van der Waals surface area (Å²) in [4.78, 5) is 5.11.